The third-order valence-corrected chi connectivity index (χ3v) is 19.3. The number of hydrogen-bond acceptors (Lipinski definition) is 2. The van der Waals surface area contributed by atoms with Crippen LogP contribution in [0.25, 0.3) is 22.3 Å². The summed E-state index contributed by atoms with van der Waals surface area (Å²) >= 11 is 0. The molecule has 0 radical (unpaired) electrons. The maximum Gasteiger partial charge on any atom is 0.131 e. The number of hydrogen-bond donors (Lipinski definition) is 0. The molecular weight excluding hydrogens is 775 g/mol. The van der Waals surface area contributed by atoms with Crippen molar-refractivity contribution in [3.05, 3.63) is 161 Å². The Balaban J connectivity index is 1.04. The molecule has 2 spiro atoms. The highest BCUT2D eigenvalue weighted by atomic mass is 16.5. The molecule has 2 heteroatoms. The van der Waals surface area contributed by atoms with E-state index in [-0.39, 0.29) is 27.1 Å². The lowest BCUT2D eigenvalue weighted by molar-refractivity contribution is -0.235. The molecule has 6 aromatic rings. The molecule has 6 aliphatic carbocycles. The van der Waals surface area contributed by atoms with Crippen LogP contribution < -0.4 is 9.64 Å². The summed E-state index contributed by atoms with van der Waals surface area (Å²) in [6.45, 7) is 19.6. The third kappa shape index (κ3) is 5.04. The zero-order valence-corrected chi connectivity index (χ0v) is 39.4. The van der Waals surface area contributed by atoms with Gasteiger partial charge in [-0.05, 0) is 172 Å². The minimum absolute atomic E-state index is 0.00960. The Morgan fingerprint density at radius 3 is 1.56 bits per heavy atom. The van der Waals surface area contributed by atoms with Gasteiger partial charge in [0.15, 0.2) is 0 Å². The highest BCUT2D eigenvalue weighted by Crippen LogP contribution is 2.89. The van der Waals surface area contributed by atoms with Crippen molar-refractivity contribution < 1.29 is 4.74 Å². The van der Waals surface area contributed by atoms with Gasteiger partial charge in [-0.1, -0.05) is 146 Å². The largest absolute Gasteiger partial charge is 0.457 e. The molecule has 324 valence electrons. The van der Waals surface area contributed by atoms with Crippen LogP contribution in [0.1, 0.15) is 140 Å². The molecule has 6 unspecified atom stereocenters. The number of fused-ring (bicyclic) bond motifs is 9. The van der Waals surface area contributed by atoms with Crippen molar-refractivity contribution in [2.75, 3.05) is 4.90 Å². The molecule has 64 heavy (non-hydrogen) atoms. The highest BCUT2D eigenvalue weighted by Gasteiger charge is 2.84. The van der Waals surface area contributed by atoms with Crippen LogP contribution in [0.2, 0.25) is 0 Å². The fraction of sp³-hybridized carbons (Fsp3) is 0.419. The second-order valence-electron chi connectivity index (χ2n) is 24.3. The van der Waals surface area contributed by atoms with Gasteiger partial charge in [0.2, 0.25) is 0 Å². The SMILES string of the molecule is CC1(C)CCC(C)(C)c2cc(-c3ccccc3N(c3ccc4c(c3)C3(c5ccccc5O4)C4CC5CC6CC3C64C5)c3ccccc3-c3ccc4c(c3)C(C)(C)CCC4(C)C)ccc21. The Morgan fingerprint density at radius 1 is 0.453 bits per heavy atom. The van der Waals surface area contributed by atoms with Crippen molar-refractivity contribution in [1.82, 2.24) is 0 Å². The van der Waals surface area contributed by atoms with Gasteiger partial charge in [-0.15, -0.1) is 0 Å². The summed E-state index contributed by atoms with van der Waals surface area (Å²) in [7, 11) is 0. The van der Waals surface area contributed by atoms with E-state index in [1.807, 2.05) is 0 Å². The molecule has 4 saturated carbocycles. The van der Waals surface area contributed by atoms with Crippen molar-refractivity contribution in [2.45, 2.75) is 134 Å². The molecule has 4 fully saturated rings. The molecular formula is C62H65NO. The van der Waals surface area contributed by atoms with Gasteiger partial charge in [-0.3, -0.25) is 0 Å². The van der Waals surface area contributed by atoms with Crippen molar-refractivity contribution in [2.24, 2.45) is 29.1 Å². The smallest absolute Gasteiger partial charge is 0.131 e. The second kappa shape index (κ2) is 12.8. The van der Waals surface area contributed by atoms with E-state index in [9.17, 15) is 0 Å². The first kappa shape index (κ1) is 39.3. The van der Waals surface area contributed by atoms with Crippen LogP contribution in [0, 0.1) is 29.1 Å². The van der Waals surface area contributed by atoms with Crippen LogP contribution >= 0.6 is 0 Å². The average Bonchev–Trinajstić information content (AvgIpc) is 3.82. The summed E-state index contributed by atoms with van der Waals surface area (Å²) in [5, 5.41) is 0. The molecule has 6 aromatic carbocycles. The van der Waals surface area contributed by atoms with E-state index in [2.05, 4.69) is 188 Å². The predicted octanol–water partition coefficient (Wildman–Crippen LogP) is 16.6. The van der Waals surface area contributed by atoms with Gasteiger partial charge >= 0.3 is 0 Å². The first-order chi connectivity index (χ1) is 30.6. The van der Waals surface area contributed by atoms with E-state index in [1.165, 1.54) is 124 Å². The van der Waals surface area contributed by atoms with E-state index < -0.39 is 0 Å². The lowest BCUT2D eigenvalue weighted by atomic mass is 9.26. The maximum atomic E-state index is 6.99. The second-order valence-corrected chi connectivity index (χ2v) is 24.3. The monoisotopic (exact) mass is 840 g/mol. The van der Waals surface area contributed by atoms with Crippen molar-refractivity contribution >= 4 is 17.1 Å². The lowest BCUT2D eigenvalue weighted by Crippen LogP contribution is -2.74. The molecule has 0 saturated heterocycles. The predicted molar refractivity (Wildman–Crippen MR) is 265 cm³/mol. The number of rotatable bonds is 5. The van der Waals surface area contributed by atoms with Crippen LogP contribution in [0.15, 0.2) is 127 Å². The molecule has 0 aromatic heterocycles. The van der Waals surface area contributed by atoms with Gasteiger partial charge in [0.25, 0.3) is 0 Å². The number of ether oxygens (including phenoxy) is 1. The van der Waals surface area contributed by atoms with E-state index in [0.717, 1.165) is 23.3 Å². The van der Waals surface area contributed by atoms with E-state index >= 15 is 0 Å². The normalized spacial score (nSPS) is 29.5. The molecule has 0 N–H and O–H groups in total. The summed E-state index contributed by atoms with van der Waals surface area (Å²) in [4.78, 5) is 2.63. The minimum atomic E-state index is -0.00960. The van der Waals surface area contributed by atoms with E-state index in [4.69, 9.17) is 4.74 Å². The van der Waals surface area contributed by atoms with Gasteiger partial charge in [-0.2, -0.15) is 0 Å². The van der Waals surface area contributed by atoms with Crippen molar-refractivity contribution in [3.8, 4) is 33.8 Å². The number of anilines is 3. The Labute approximate surface area is 382 Å². The summed E-state index contributed by atoms with van der Waals surface area (Å²) in [5.41, 5.74) is 18.7. The topological polar surface area (TPSA) is 12.5 Å². The van der Waals surface area contributed by atoms with E-state index in [1.54, 1.807) is 0 Å². The molecule has 6 atom stereocenters. The Hall–Kier alpha value is -5.08. The van der Waals surface area contributed by atoms with Gasteiger partial charge in [-0.25, -0.2) is 0 Å². The molecule has 0 amide bonds. The van der Waals surface area contributed by atoms with Crippen LogP contribution in [0.4, 0.5) is 17.1 Å². The Kier molecular flexibility index (Phi) is 7.88. The molecule has 2 nitrogen and oxygen atoms in total. The number of para-hydroxylation sites is 3. The Bertz CT molecular complexity index is 2820. The molecule has 1 aliphatic heterocycles. The summed E-state index contributed by atoms with van der Waals surface area (Å²) in [6, 6.07) is 49.8. The first-order valence-electron chi connectivity index (χ1n) is 24.8. The van der Waals surface area contributed by atoms with Gasteiger partial charge in [0.05, 0.1) is 11.4 Å². The molecule has 13 rings (SSSR count). The van der Waals surface area contributed by atoms with Crippen LogP contribution in [0.3, 0.4) is 0 Å². The first-order valence-corrected chi connectivity index (χ1v) is 24.8. The highest BCUT2D eigenvalue weighted by molar-refractivity contribution is 5.94. The fourth-order valence-corrected chi connectivity index (χ4v) is 16.0. The number of benzene rings is 6. The lowest BCUT2D eigenvalue weighted by Gasteiger charge is -2.77. The zero-order chi connectivity index (χ0) is 43.8. The summed E-state index contributed by atoms with van der Waals surface area (Å²) in [6.07, 6.45) is 10.4. The van der Waals surface area contributed by atoms with Crippen molar-refractivity contribution in [1.29, 1.82) is 0 Å². The average molecular weight is 840 g/mol. The standard InChI is InChI=1S/C62H65NO/c1-57(2)27-29-59(5,6)48-33-39(21-24-45(48)57)43-15-9-12-18-51(43)63(52-19-13-10-16-44(52)40-22-25-46-49(34-40)60(7,8)30-28-58(46,3)4)42-23-26-54-50(36-42)62(47-17-11-14-20-53(47)64-54)55-32-38-31-41-35-56(62)61(41,55)37-38/h9-26,33-34,36,38,41,55-56H,27-32,35,37H2,1-8H3. The molecule has 1 heterocycles. The third-order valence-electron chi connectivity index (χ3n) is 19.3. The summed E-state index contributed by atoms with van der Waals surface area (Å²) in [5.74, 6) is 5.30. The quantitative estimate of drug-likeness (QED) is 0.171. The fourth-order valence-electron chi connectivity index (χ4n) is 16.0. The van der Waals surface area contributed by atoms with Gasteiger partial charge in [0.1, 0.15) is 11.5 Å². The summed E-state index contributed by atoms with van der Waals surface area (Å²) < 4.78 is 6.99. The van der Waals surface area contributed by atoms with Crippen LogP contribution in [-0.2, 0) is 27.1 Å². The Morgan fingerprint density at radius 2 is 0.969 bits per heavy atom. The number of nitrogens with zero attached hydrogens (tertiary/aromatic N) is 1. The van der Waals surface area contributed by atoms with Gasteiger partial charge in [0, 0.05) is 33.4 Å². The van der Waals surface area contributed by atoms with Crippen LogP contribution in [0.5, 0.6) is 11.5 Å². The maximum absolute atomic E-state index is 6.99. The van der Waals surface area contributed by atoms with Crippen LogP contribution in [-0.4, -0.2) is 0 Å². The van der Waals surface area contributed by atoms with E-state index in [0.29, 0.717) is 17.3 Å². The zero-order valence-electron chi connectivity index (χ0n) is 39.4. The molecule has 7 aliphatic rings. The van der Waals surface area contributed by atoms with Crippen molar-refractivity contribution in [3.63, 3.8) is 0 Å². The molecule has 2 bridgehead atoms. The minimum Gasteiger partial charge on any atom is -0.457 e. The van der Waals surface area contributed by atoms with Gasteiger partial charge < -0.3 is 9.64 Å².